The smallest absolute Gasteiger partial charge is 0.416 e. The van der Waals surface area contributed by atoms with Crippen LogP contribution in [-0.2, 0) is 53.1 Å². The topological polar surface area (TPSA) is 344 Å². The fraction of sp³-hybridized carbons (Fsp3) is 0.534. The van der Waals surface area contributed by atoms with Crippen LogP contribution in [0.25, 0.3) is 0 Å². The van der Waals surface area contributed by atoms with Gasteiger partial charge in [0.2, 0.25) is 5.91 Å². The number of imide groups is 1. The third-order valence-corrected chi connectivity index (χ3v) is 22.6. The molecule has 28 heteroatoms. The molecular formula is C73H94N8O18S2. The highest BCUT2D eigenvalue weighted by atomic mass is 33.1. The molecule has 0 bridgehead atoms. The van der Waals surface area contributed by atoms with Crippen LogP contribution in [0.2, 0.25) is 0 Å². The standard InChI is InChI=1S/C73H94N8O18S2/c1-7-100-101-73(25-11-12-26-73)43-99-72(94)81-56-38-62(61(95-6)36-53(56)67(89)79-40-46(5)32-58(79)69(81)91)97-30-15-9-14-29-96-60-37-55-52(34-49(60)41-82)66(88)78-39-45(4)31-57(78)68(90)80(55)71(93)98-42-48-21-19-47(20-22-48)33-59(84)54(18-16-27-75-70(74)92)76-65(87)51(44(2)3)35-50(83)17-10-8-13-28-77-63(85)23-24-64(77)86/h19-24,34,36-38,44,51,54,57-58,68-69,82,90-91H,4-5,7-18,25-33,35,39-43H2,1-3,6H3,(H,76,87)(H3,74,75,92)/t51-,54-,57-,58-,68?,69?/m0/s1. The van der Waals surface area contributed by atoms with E-state index in [2.05, 4.69) is 30.7 Å². The molecule has 2 saturated heterocycles. The number of hydrogen-bond acceptors (Lipinski definition) is 20. The molecule has 3 fully saturated rings. The number of fused-ring (bicyclic) bond motifs is 4. The Balaban J connectivity index is 0.814. The van der Waals surface area contributed by atoms with Crippen molar-refractivity contribution in [1.82, 2.24) is 25.3 Å². The first-order valence-electron chi connectivity index (χ1n) is 34.7. The summed E-state index contributed by atoms with van der Waals surface area (Å²) in [5.41, 5.74) is 8.26. The Kier molecular flexibility index (Phi) is 26.9. The van der Waals surface area contributed by atoms with Crippen LogP contribution in [-0.4, -0.2) is 184 Å². The van der Waals surface area contributed by atoms with Gasteiger partial charge in [-0.15, -0.1) is 0 Å². The van der Waals surface area contributed by atoms with Crippen LogP contribution < -0.4 is 40.4 Å². The van der Waals surface area contributed by atoms with Crippen LogP contribution in [0.4, 0.5) is 25.8 Å². The second kappa shape index (κ2) is 35.4. The van der Waals surface area contributed by atoms with Gasteiger partial charge in [-0.3, -0.25) is 38.5 Å². The number of hydrogen-bond donors (Lipinski definition) is 6. The van der Waals surface area contributed by atoms with Gasteiger partial charge in [0.1, 0.15) is 24.7 Å². The first-order chi connectivity index (χ1) is 48.4. The van der Waals surface area contributed by atoms with E-state index in [1.165, 1.54) is 53.3 Å². The van der Waals surface area contributed by atoms with Crippen LogP contribution in [0.5, 0.6) is 17.2 Å². The Bertz CT molecular complexity index is 3620. The van der Waals surface area contributed by atoms with Gasteiger partial charge in [0, 0.05) is 87.0 Å². The lowest BCUT2D eigenvalue weighted by Gasteiger charge is -2.33. The van der Waals surface area contributed by atoms with Crippen LogP contribution in [0.1, 0.15) is 161 Å². The molecule has 5 aliphatic heterocycles. The summed E-state index contributed by atoms with van der Waals surface area (Å²) < 4.78 is 29.9. The van der Waals surface area contributed by atoms with E-state index in [0.717, 1.165) is 51.7 Å². The molecule has 2 unspecified atom stereocenters. The molecule has 6 aliphatic rings. The Hall–Kier alpha value is -8.44. The van der Waals surface area contributed by atoms with Gasteiger partial charge in [-0.1, -0.05) is 110 Å². The molecule has 546 valence electrons. The van der Waals surface area contributed by atoms with Crippen molar-refractivity contribution in [2.75, 3.05) is 68.7 Å². The molecule has 3 aromatic rings. The highest BCUT2D eigenvalue weighted by Crippen LogP contribution is 2.49. The highest BCUT2D eigenvalue weighted by molar-refractivity contribution is 8.77. The molecule has 1 aliphatic carbocycles. The minimum Gasteiger partial charge on any atom is -0.493 e. The molecule has 3 aromatic carbocycles. The van der Waals surface area contributed by atoms with E-state index >= 15 is 0 Å². The summed E-state index contributed by atoms with van der Waals surface area (Å²) in [4.78, 5) is 140. The normalized spacial score (nSPS) is 19.7. The number of primary amides is 1. The zero-order valence-electron chi connectivity index (χ0n) is 57.9. The number of nitrogens with zero attached hydrogens (tertiary/aromatic N) is 5. The first-order valence-corrected chi connectivity index (χ1v) is 37.1. The monoisotopic (exact) mass is 1430 g/mol. The quantitative estimate of drug-likeness (QED) is 0.0139. The number of methoxy groups -OCH3 is 1. The molecule has 26 nitrogen and oxygen atoms in total. The number of amides is 9. The van der Waals surface area contributed by atoms with Crippen LogP contribution in [0.3, 0.4) is 0 Å². The predicted molar refractivity (Wildman–Crippen MR) is 379 cm³/mol. The number of urea groups is 1. The molecule has 1 saturated carbocycles. The maximum absolute atomic E-state index is 14.4. The first kappa shape index (κ1) is 76.7. The molecule has 7 N–H and O–H groups in total. The van der Waals surface area contributed by atoms with E-state index in [4.69, 9.17) is 29.4 Å². The van der Waals surface area contributed by atoms with Gasteiger partial charge in [-0.05, 0) is 99.8 Å². The van der Waals surface area contributed by atoms with Gasteiger partial charge in [0.15, 0.2) is 29.7 Å². The molecule has 0 radical (unpaired) electrons. The number of unbranched alkanes of at least 4 members (excludes halogenated alkanes) is 4. The van der Waals surface area contributed by atoms with E-state index in [9.17, 15) is 63.3 Å². The molecule has 5 heterocycles. The van der Waals surface area contributed by atoms with E-state index < -0.39 is 79.0 Å². The van der Waals surface area contributed by atoms with Gasteiger partial charge >= 0.3 is 18.2 Å². The van der Waals surface area contributed by atoms with Crippen molar-refractivity contribution in [2.24, 2.45) is 17.6 Å². The highest BCUT2D eigenvalue weighted by Gasteiger charge is 2.49. The minimum absolute atomic E-state index is 0.0115. The van der Waals surface area contributed by atoms with Crippen molar-refractivity contribution < 1.29 is 86.9 Å². The molecule has 101 heavy (non-hydrogen) atoms. The van der Waals surface area contributed by atoms with E-state index in [0.29, 0.717) is 68.1 Å². The summed E-state index contributed by atoms with van der Waals surface area (Å²) >= 11 is 0. The van der Waals surface area contributed by atoms with Crippen LogP contribution in [0.15, 0.2) is 85.0 Å². The van der Waals surface area contributed by atoms with E-state index in [-0.39, 0.29) is 164 Å². The molecule has 0 spiro atoms. The number of nitrogens with two attached hydrogens (primary N) is 1. The summed E-state index contributed by atoms with van der Waals surface area (Å²) in [6, 6.07) is 9.18. The van der Waals surface area contributed by atoms with Crippen molar-refractivity contribution in [3.63, 3.8) is 0 Å². The second-order valence-electron chi connectivity index (χ2n) is 26.9. The Labute approximate surface area is 596 Å². The average molecular weight is 1440 g/mol. The lowest BCUT2D eigenvalue weighted by molar-refractivity contribution is -0.137. The number of aliphatic hydroxyl groups is 3. The third-order valence-electron chi connectivity index (χ3n) is 19.2. The van der Waals surface area contributed by atoms with Crippen molar-refractivity contribution in [1.29, 1.82) is 0 Å². The number of aliphatic hydroxyl groups excluding tert-OH is 3. The number of ether oxygens (including phenoxy) is 5. The Morgan fingerprint density at radius 3 is 1.89 bits per heavy atom. The number of carbonyl (C=O) groups excluding carboxylic acids is 10. The summed E-state index contributed by atoms with van der Waals surface area (Å²) in [5.74, 6) is -2.07. The lowest BCUT2D eigenvalue weighted by Crippen LogP contribution is -2.51. The van der Waals surface area contributed by atoms with Gasteiger partial charge in [-0.25, -0.2) is 24.2 Å². The van der Waals surface area contributed by atoms with Gasteiger partial charge in [-0.2, -0.15) is 0 Å². The zero-order chi connectivity index (χ0) is 72.7. The average Bonchev–Trinajstić information content (AvgIpc) is 1.60. The summed E-state index contributed by atoms with van der Waals surface area (Å²) in [6.45, 7) is 14.2. The second-order valence-corrected chi connectivity index (χ2v) is 30.0. The number of benzene rings is 3. The van der Waals surface area contributed by atoms with Gasteiger partial charge in [0.05, 0.1) is 72.3 Å². The minimum atomic E-state index is -1.60. The summed E-state index contributed by atoms with van der Waals surface area (Å²) in [7, 11) is 4.90. The maximum atomic E-state index is 14.4. The number of carbonyl (C=O) groups is 10. The predicted octanol–water partition coefficient (Wildman–Crippen LogP) is 8.58. The summed E-state index contributed by atoms with van der Waals surface area (Å²) in [6.07, 6.45) is 5.53. The van der Waals surface area contributed by atoms with Gasteiger partial charge in [0.25, 0.3) is 23.6 Å². The fourth-order valence-corrected chi connectivity index (χ4v) is 16.4. The van der Waals surface area contributed by atoms with Gasteiger partial charge < -0.3 is 65.2 Å². The van der Waals surface area contributed by atoms with Crippen molar-refractivity contribution in [3.05, 3.63) is 113 Å². The number of ketones is 2. The maximum Gasteiger partial charge on any atom is 0.416 e. The number of anilines is 2. The van der Waals surface area contributed by atoms with E-state index in [1.54, 1.807) is 45.9 Å². The van der Waals surface area contributed by atoms with E-state index in [1.807, 2.05) is 13.8 Å². The third kappa shape index (κ3) is 19.0. The lowest BCUT2D eigenvalue weighted by atomic mass is 9.88. The molecule has 9 amide bonds. The molecule has 9 rings (SSSR count). The van der Waals surface area contributed by atoms with Crippen LogP contribution >= 0.6 is 21.6 Å². The van der Waals surface area contributed by atoms with Crippen molar-refractivity contribution >= 4 is 92.3 Å². The largest absolute Gasteiger partial charge is 0.493 e. The Morgan fingerprint density at radius 1 is 0.733 bits per heavy atom. The Morgan fingerprint density at radius 2 is 1.31 bits per heavy atom. The number of rotatable bonds is 35. The molecular weight excluding hydrogens is 1340 g/mol. The number of Topliss-reactive ketones (excluding diaryl/α,β-unsaturated/α-hetero) is 2. The van der Waals surface area contributed by atoms with Crippen molar-refractivity contribution in [3.8, 4) is 17.2 Å². The molecule has 6 atom stereocenters. The molecule has 0 aromatic heterocycles. The fourth-order valence-electron chi connectivity index (χ4n) is 13.7. The SMILES string of the molecule is C=C1C[C@H]2C(O)N(C(=O)OCc3ccc(CC(=O)[C@H](CCCNC(N)=O)NC(=O)[C@@H](CC(=O)CCCCCN4C(=O)C=CC4=O)C(C)C)cc3)c3cc(OCCCCCOc4cc5c(cc4OC)C(=O)N4CC(=C)C[C@H]4C(O)N5C(=O)OCC4(SSCC)CCCC4)c(CO)cc3C(=O)N2C1. The number of nitrogens with one attached hydrogen (secondary N) is 2. The summed E-state index contributed by atoms with van der Waals surface area (Å²) in [5, 5.41) is 40.1. The van der Waals surface area contributed by atoms with Crippen molar-refractivity contribution in [2.45, 2.75) is 178 Å². The zero-order valence-corrected chi connectivity index (χ0v) is 59.5. The van der Waals surface area contributed by atoms with Crippen LogP contribution in [0, 0.1) is 11.8 Å².